The van der Waals surface area contributed by atoms with E-state index in [0.29, 0.717) is 11.2 Å². The van der Waals surface area contributed by atoms with Crippen molar-refractivity contribution in [3.8, 4) is 0 Å². The van der Waals surface area contributed by atoms with E-state index in [-0.39, 0.29) is 11.2 Å². The van der Waals surface area contributed by atoms with Crippen LogP contribution in [0.15, 0.2) is 15.9 Å². The average Bonchev–Trinajstić information content (AvgIpc) is 2.99. The molecule has 0 fully saturated rings. The Morgan fingerprint density at radius 2 is 1.58 bits per heavy atom. The molecule has 0 aliphatic rings. The lowest BCUT2D eigenvalue weighted by atomic mass is 9.96. The lowest BCUT2D eigenvalue weighted by Gasteiger charge is -2.18. The van der Waals surface area contributed by atoms with Crippen LogP contribution in [0, 0.1) is 0 Å². The van der Waals surface area contributed by atoms with Crippen LogP contribution in [0.25, 0.3) is 11.2 Å². The summed E-state index contributed by atoms with van der Waals surface area (Å²) in [6, 6.07) is 0. The van der Waals surface area contributed by atoms with Crippen molar-refractivity contribution in [2.75, 3.05) is 0 Å². The third-order valence-corrected chi connectivity index (χ3v) is 3.31. The van der Waals surface area contributed by atoms with Crippen molar-refractivity contribution in [1.82, 2.24) is 19.1 Å². The van der Waals surface area contributed by atoms with Gasteiger partial charge >= 0.3 is 23.6 Å². The maximum atomic E-state index is 11.4. The molecule has 0 bridgehead atoms. The molecule has 13 heteroatoms. The molecule has 2 heterocycles. The lowest BCUT2D eigenvalue weighted by molar-refractivity contribution is -0.170. The number of aryl methyl sites for hydroxylation is 1. The molecule has 2 rings (SSSR count). The first kappa shape index (κ1) is 20.6. The summed E-state index contributed by atoms with van der Waals surface area (Å²) in [5, 5.41) is 33.8. The first-order valence-corrected chi connectivity index (χ1v) is 6.89. The topological polar surface area (TPSA) is 205 Å². The van der Waals surface area contributed by atoms with Crippen molar-refractivity contribution in [3.05, 3.63) is 27.2 Å². The van der Waals surface area contributed by atoms with Crippen LogP contribution >= 0.6 is 0 Å². The highest BCUT2D eigenvalue weighted by Gasteiger charge is 2.40. The Balaban J connectivity index is 0.000000260. The van der Waals surface area contributed by atoms with E-state index >= 15 is 0 Å². The fraction of sp³-hybridized carbons (Fsp3) is 0.385. The Labute approximate surface area is 143 Å². The number of fused-ring (bicyclic) bond motifs is 1. The molecule has 142 valence electrons. The molecule has 2 aromatic rings. The molecule has 26 heavy (non-hydrogen) atoms. The number of carboxylic acid groups (broad SMARTS) is 3. The van der Waals surface area contributed by atoms with Crippen LogP contribution in [0.2, 0.25) is 0 Å². The molecule has 0 saturated heterocycles. The number of nitrogens with zero attached hydrogens (tertiary/aromatic N) is 3. The van der Waals surface area contributed by atoms with Crippen LogP contribution in [0.5, 0.6) is 0 Å². The summed E-state index contributed by atoms with van der Waals surface area (Å²) in [6.07, 6.45) is -0.894. The minimum atomic E-state index is -2.74. The van der Waals surface area contributed by atoms with Gasteiger partial charge < -0.3 is 25.4 Å². The van der Waals surface area contributed by atoms with Gasteiger partial charge in [-0.3, -0.25) is 23.5 Å². The molecule has 0 atom stereocenters. The number of carbonyl (C=O) groups is 3. The van der Waals surface area contributed by atoms with E-state index < -0.39 is 36.4 Å². The molecule has 0 radical (unpaired) electrons. The van der Waals surface area contributed by atoms with Crippen LogP contribution < -0.4 is 11.2 Å². The van der Waals surface area contributed by atoms with Crippen molar-refractivity contribution >= 4 is 29.1 Å². The second-order valence-corrected chi connectivity index (χ2v) is 5.28. The van der Waals surface area contributed by atoms with Crippen LogP contribution in [0.4, 0.5) is 0 Å². The van der Waals surface area contributed by atoms with Gasteiger partial charge in [0, 0.05) is 14.1 Å². The molecule has 0 aromatic carbocycles. The summed E-state index contributed by atoms with van der Waals surface area (Å²) in [5.74, 6) is -5.02. The normalized spacial score (nSPS) is 10.9. The molecule has 0 aliphatic heterocycles. The van der Waals surface area contributed by atoms with Gasteiger partial charge in [-0.15, -0.1) is 0 Å². The Bertz CT molecular complexity index is 952. The van der Waals surface area contributed by atoms with Gasteiger partial charge in [-0.05, 0) is 0 Å². The van der Waals surface area contributed by atoms with Gasteiger partial charge in [0.25, 0.3) is 5.56 Å². The number of nitrogens with one attached hydrogen (secondary N) is 1. The van der Waals surface area contributed by atoms with Gasteiger partial charge in [0.2, 0.25) is 0 Å². The molecule has 0 amide bonds. The highest BCUT2D eigenvalue weighted by Crippen LogP contribution is 2.15. The van der Waals surface area contributed by atoms with Crippen molar-refractivity contribution < 1.29 is 34.8 Å². The largest absolute Gasteiger partial charge is 0.481 e. The molecular formula is C13H16N4O9. The number of hydrogen-bond donors (Lipinski definition) is 5. The van der Waals surface area contributed by atoms with Gasteiger partial charge in [-0.1, -0.05) is 0 Å². The summed E-state index contributed by atoms with van der Waals surface area (Å²) in [7, 11) is 3.01. The van der Waals surface area contributed by atoms with E-state index in [1.54, 1.807) is 7.05 Å². The SMILES string of the molecule is Cn1c(=O)c2[nH]cnc2n(C)c1=O.O=C(O)CC(O)(CC(=O)O)C(=O)O. The zero-order valence-corrected chi connectivity index (χ0v) is 13.7. The Hall–Kier alpha value is -3.48. The third-order valence-electron chi connectivity index (χ3n) is 3.31. The van der Waals surface area contributed by atoms with Crippen LogP contribution in [-0.2, 0) is 28.5 Å². The highest BCUT2D eigenvalue weighted by molar-refractivity contribution is 5.88. The zero-order valence-electron chi connectivity index (χ0n) is 13.7. The molecule has 2 aromatic heterocycles. The monoisotopic (exact) mass is 372 g/mol. The van der Waals surface area contributed by atoms with Gasteiger partial charge in [0.05, 0.1) is 19.2 Å². The molecule has 5 N–H and O–H groups in total. The maximum Gasteiger partial charge on any atom is 0.336 e. The van der Waals surface area contributed by atoms with Gasteiger partial charge in [-0.25, -0.2) is 14.6 Å². The van der Waals surface area contributed by atoms with Gasteiger partial charge in [0.1, 0.15) is 5.52 Å². The van der Waals surface area contributed by atoms with Gasteiger partial charge in [-0.2, -0.15) is 0 Å². The molecule has 13 nitrogen and oxygen atoms in total. The molecule has 0 spiro atoms. The number of aliphatic hydroxyl groups is 1. The number of hydrogen-bond acceptors (Lipinski definition) is 7. The van der Waals surface area contributed by atoms with E-state index in [4.69, 9.17) is 20.4 Å². The van der Waals surface area contributed by atoms with E-state index in [1.807, 2.05) is 0 Å². The Kier molecular flexibility index (Phi) is 6.01. The number of aromatic nitrogens is 4. The second kappa shape index (κ2) is 7.60. The smallest absolute Gasteiger partial charge is 0.336 e. The first-order valence-electron chi connectivity index (χ1n) is 6.89. The fourth-order valence-electron chi connectivity index (χ4n) is 1.98. The molecule has 0 saturated carbocycles. The number of aromatic amines is 1. The first-order chi connectivity index (χ1) is 11.9. The van der Waals surface area contributed by atoms with E-state index in [9.17, 15) is 24.0 Å². The second-order valence-electron chi connectivity index (χ2n) is 5.28. The predicted molar refractivity (Wildman–Crippen MR) is 83.7 cm³/mol. The number of rotatable bonds is 5. The third kappa shape index (κ3) is 4.32. The number of aliphatic carboxylic acids is 3. The minimum Gasteiger partial charge on any atom is -0.481 e. The minimum absolute atomic E-state index is 0.351. The Morgan fingerprint density at radius 3 is 2.00 bits per heavy atom. The summed E-state index contributed by atoms with van der Waals surface area (Å²) in [6.45, 7) is 0. The predicted octanol–water partition coefficient (Wildman–Crippen LogP) is -2.29. The van der Waals surface area contributed by atoms with Crippen LogP contribution in [0.3, 0.4) is 0 Å². The van der Waals surface area contributed by atoms with Crippen molar-refractivity contribution in [1.29, 1.82) is 0 Å². The lowest BCUT2D eigenvalue weighted by Crippen LogP contribution is -2.42. The summed E-state index contributed by atoms with van der Waals surface area (Å²) < 4.78 is 2.37. The Morgan fingerprint density at radius 1 is 1.08 bits per heavy atom. The maximum absolute atomic E-state index is 11.4. The van der Waals surface area contributed by atoms with Crippen molar-refractivity contribution in [2.24, 2.45) is 14.1 Å². The van der Waals surface area contributed by atoms with Crippen molar-refractivity contribution in [3.63, 3.8) is 0 Å². The molecular weight excluding hydrogens is 356 g/mol. The van der Waals surface area contributed by atoms with Crippen molar-refractivity contribution in [2.45, 2.75) is 18.4 Å². The zero-order chi connectivity index (χ0) is 20.2. The van der Waals surface area contributed by atoms with Crippen LogP contribution in [0.1, 0.15) is 12.8 Å². The average molecular weight is 372 g/mol. The number of H-pyrrole nitrogens is 1. The van der Waals surface area contributed by atoms with E-state index in [2.05, 4.69) is 9.97 Å². The molecule has 0 aliphatic carbocycles. The van der Waals surface area contributed by atoms with Gasteiger partial charge in [0.15, 0.2) is 11.2 Å². The summed E-state index contributed by atoms with van der Waals surface area (Å²) in [4.78, 5) is 59.9. The number of carboxylic acids is 3. The fourth-order valence-corrected chi connectivity index (χ4v) is 1.98. The van der Waals surface area contributed by atoms with E-state index in [1.165, 1.54) is 17.9 Å². The molecule has 0 unspecified atom stereocenters. The summed E-state index contributed by atoms with van der Waals surface area (Å²) in [5.41, 5.74) is -2.73. The van der Waals surface area contributed by atoms with E-state index in [0.717, 1.165) is 4.57 Å². The highest BCUT2D eigenvalue weighted by atomic mass is 16.4. The summed E-state index contributed by atoms with van der Waals surface area (Å²) >= 11 is 0. The number of imidazole rings is 1. The quantitative estimate of drug-likeness (QED) is 0.380. The van der Waals surface area contributed by atoms with Crippen LogP contribution in [-0.4, -0.2) is 63.0 Å². The standard InChI is InChI=1S/C7H8N4O2.C6H8O7/c1-10-5-4(8-3-9-5)6(12)11(2)7(10)13;7-3(8)1-6(13,5(11)12)2-4(9)10/h3H,1-2H3,(H,8,9);13H,1-2H2,(H,7,8)(H,9,10)(H,11,12).